The molecule has 0 spiro atoms. The topological polar surface area (TPSA) is 156 Å². The molecule has 204 valence electrons. The monoisotopic (exact) mass is 527 g/mol. The lowest BCUT2D eigenvalue weighted by Gasteiger charge is -2.24. The maximum atomic E-state index is 13.0. The van der Waals surface area contributed by atoms with Gasteiger partial charge in [-0.3, -0.25) is 9.59 Å². The second kappa shape index (κ2) is 10.7. The fourth-order valence-electron chi connectivity index (χ4n) is 4.64. The number of esters is 2. The summed E-state index contributed by atoms with van der Waals surface area (Å²) in [5.74, 6) is -0.0215. The second-order valence-corrected chi connectivity index (χ2v) is 10.7. The van der Waals surface area contributed by atoms with E-state index in [0.717, 1.165) is 31.6 Å². The number of imidazole rings is 1. The Morgan fingerprint density at radius 3 is 2.68 bits per heavy atom. The molecule has 13 heteroatoms. The molecule has 0 radical (unpaired) electrons. The molecule has 3 aromatic rings. The number of anilines is 1. The van der Waals surface area contributed by atoms with Crippen LogP contribution in [0, 0.1) is 0 Å². The molecule has 0 aromatic carbocycles. The predicted octanol–water partition coefficient (Wildman–Crippen LogP) is 1.89. The van der Waals surface area contributed by atoms with Gasteiger partial charge < -0.3 is 33.9 Å². The average Bonchev–Trinajstić information content (AvgIpc) is 3.60. The van der Waals surface area contributed by atoms with Gasteiger partial charge in [0, 0.05) is 24.4 Å². The van der Waals surface area contributed by atoms with E-state index >= 15 is 0 Å². The summed E-state index contributed by atoms with van der Waals surface area (Å²) >= 11 is 0. The quantitative estimate of drug-likeness (QED) is 0.431. The molecule has 2 fully saturated rings. The highest BCUT2D eigenvalue weighted by molar-refractivity contribution is 5.84. The van der Waals surface area contributed by atoms with E-state index in [1.165, 1.54) is 19.6 Å². The van der Waals surface area contributed by atoms with Crippen molar-refractivity contribution in [2.24, 2.45) is 0 Å². The van der Waals surface area contributed by atoms with Crippen molar-refractivity contribution in [3.05, 3.63) is 30.2 Å². The molecule has 5 rings (SSSR count). The molecule has 0 aliphatic carbocycles. The summed E-state index contributed by atoms with van der Waals surface area (Å²) in [6, 6.07) is 2.07. The number of nitrogens with one attached hydrogen (secondary N) is 2. The van der Waals surface area contributed by atoms with Crippen LogP contribution in [0.4, 0.5) is 5.82 Å². The molecule has 0 unspecified atom stereocenters. The van der Waals surface area contributed by atoms with Gasteiger partial charge >= 0.3 is 11.9 Å². The third-order valence-corrected chi connectivity index (χ3v) is 6.65. The van der Waals surface area contributed by atoms with Crippen LogP contribution in [0.3, 0.4) is 0 Å². The van der Waals surface area contributed by atoms with Gasteiger partial charge in [0.25, 0.3) is 0 Å². The zero-order chi connectivity index (χ0) is 26.9. The van der Waals surface area contributed by atoms with Gasteiger partial charge in [0.05, 0.1) is 18.6 Å². The van der Waals surface area contributed by atoms with Crippen molar-refractivity contribution >= 4 is 28.9 Å². The van der Waals surface area contributed by atoms with Crippen molar-refractivity contribution in [1.29, 1.82) is 0 Å². The van der Waals surface area contributed by atoms with Crippen LogP contribution in [0.5, 0.6) is 0 Å². The highest BCUT2D eigenvalue weighted by atomic mass is 16.6. The van der Waals surface area contributed by atoms with E-state index in [2.05, 4.69) is 30.7 Å². The van der Waals surface area contributed by atoms with Crippen LogP contribution in [0.2, 0.25) is 0 Å². The number of piperidine rings is 1. The zero-order valence-electron chi connectivity index (χ0n) is 22.0. The van der Waals surface area contributed by atoms with Gasteiger partial charge in [0.1, 0.15) is 18.4 Å². The third kappa shape index (κ3) is 5.63. The first-order chi connectivity index (χ1) is 18.2. The maximum Gasteiger partial charge on any atom is 0.326 e. The van der Waals surface area contributed by atoms with Crippen LogP contribution in [-0.4, -0.2) is 74.6 Å². The summed E-state index contributed by atoms with van der Waals surface area (Å²) < 4.78 is 24.2. The van der Waals surface area contributed by atoms with Crippen LogP contribution < -0.4 is 10.6 Å². The molecule has 2 N–H and O–H groups in total. The van der Waals surface area contributed by atoms with Crippen molar-refractivity contribution in [3.8, 4) is 0 Å². The highest BCUT2D eigenvalue weighted by Gasteiger charge is 2.45. The van der Waals surface area contributed by atoms with Crippen molar-refractivity contribution in [1.82, 2.24) is 30.0 Å². The standard InChI is InChI=1S/C25H33N7O6/c1-14(33)36-22-17(11-35-21(22)16-9-18(31-38-16)25(2,3)4)37-19(34)10-32-13-29-20-23(27-12-28-24(20)32)30-15-5-7-26-8-6-15/h9,12-13,15,17,21-22,26H,5-8,10-11H2,1-4H3,(H,27,28,30)/t17-,21-,22-/m1/s1. The molecule has 2 aliphatic heterocycles. The maximum absolute atomic E-state index is 13.0. The van der Waals surface area contributed by atoms with Gasteiger partial charge in [-0.25, -0.2) is 15.0 Å². The lowest BCUT2D eigenvalue weighted by Crippen LogP contribution is -2.35. The summed E-state index contributed by atoms with van der Waals surface area (Å²) in [6.07, 6.45) is 2.52. The Morgan fingerprint density at radius 1 is 1.18 bits per heavy atom. The van der Waals surface area contributed by atoms with E-state index in [1.807, 2.05) is 20.8 Å². The van der Waals surface area contributed by atoms with Gasteiger partial charge in [-0.15, -0.1) is 0 Å². The van der Waals surface area contributed by atoms with Crippen LogP contribution >= 0.6 is 0 Å². The van der Waals surface area contributed by atoms with Crippen LogP contribution in [0.1, 0.15) is 58.1 Å². The number of hydrogen-bond donors (Lipinski definition) is 2. The Labute approximate surface area is 219 Å². The summed E-state index contributed by atoms with van der Waals surface area (Å²) in [7, 11) is 0. The molecule has 5 heterocycles. The minimum atomic E-state index is -0.875. The Bertz CT molecular complexity index is 1290. The summed E-state index contributed by atoms with van der Waals surface area (Å²) in [5.41, 5.74) is 1.60. The summed E-state index contributed by atoms with van der Waals surface area (Å²) in [5, 5.41) is 10.9. The van der Waals surface area contributed by atoms with Gasteiger partial charge in [-0.1, -0.05) is 25.9 Å². The van der Waals surface area contributed by atoms with E-state index in [4.69, 9.17) is 18.7 Å². The minimum absolute atomic E-state index is 0.0388. The molecule has 0 amide bonds. The first kappa shape index (κ1) is 26.0. The second-order valence-electron chi connectivity index (χ2n) is 10.7. The molecular formula is C25H33N7O6. The van der Waals surface area contributed by atoms with Crippen molar-refractivity contribution in [2.75, 3.05) is 25.0 Å². The van der Waals surface area contributed by atoms with E-state index in [0.29, 0.717) is 28.8 Å². The van der Waals surface area contributed by atoms with Gasteiger partial charge in [0.2, 0.25) is 0 Å². The number of aromatic nitrogens is 5. The minimum Gasteiger partial charge on any atom is -0.455 e. The van der Waals surface area contributed by atoms with Gasteiger partial charge in [-0.05, 0) is 25.9 Å². The van der Waals surface area contributed by atoms with Gasteiger partial charge in [0.15, 0.2) is 35.5 Å². The molecule has 3 atom stereocenters. The zero-order valence-corrected chi connectivity index (χ0v) is 22.0. The molecule has 2 aliphatic rings. The third-order valence-electron chi connectivity index (χ3n) is 6.65. The number of fused-ring (bicyclic) bond motifs is 1. The smallest absolute Gasteiger partial charge is 0.326 e. The SMILES string of the molecule is CC(=O)O[C@H]1[C@@H](c2cc(C(C)(C)C)no2)OC[C@H]1OC(=O)Cn1cnc2c(NC3CCNCC3)ncnc21. The fourth-order valence-corrected chi connectivity index (χ4v) is 4.64. The number of carbonyl (C=O) groups excluding carboxylic acids is 2. The summed E-state index contributed by atoms with van der Waals surface area (Å²) in [6.45, 7) is 9.12. The van der Waals surface area contributed by atoms with Crippen molar-refractivity contribution < 1.29 is 28.3 Å². The first-order valence-electron chi connectivity index (χ1n) is 12.8. The number of ether oxygens (including phenoxy) is 3. The fraction of sp³-hybridized carbons (Fsp3) is 0.600. The number of hydrogen-bond acceptors (Lipinski definition) is 12. The molecule has 38 heavy (non-hydrogen) atoms. The van der Waals surface area contributed by atoms with Crippen LogP contribution in [0.15, 0.2) is 23.2 Å². The van der Waals surface area contributed by atoms with E-state index < -0.39 is 30.3 Å². The normalized spacial score (nSPS) is 22.5. The molecule has 3 aromatic heterocycles. The van der Waals surface area contributed by atoms with Crippen molar-refractivity contribution in [3.63, 3.8) is 0 Å². The Hall–Kier alpha value is -3.58. The van der Waals surface area contributed by atoms with Gasteiger partial charge in [-0.2, -0.15) is 0 Å². The van der Waals surface area contributed by atoms with Crippen molar-refractivity contribution in [2.45, 2.75) is 76.9 Å². The molecule has 2 saturated heterocycles. The average molecular weight is 528 g/mol. The number of nitrogens with zero attached hydrogens (tertiary/aromatic N) is 5. The van der Waals surface area contributed by atoms with Crippen LogP contribution in [0.25, 0.3) is 11.2 Å². The van der Waals surface area contributed by atoms with E-state index in [9.17, 15) is 9.59 Å². The van der Waals surface area contributed by atoms with Crippen LogP contribution in [-0.2, 0) is 35.8 Å². The van der Waals surface area contributed by atoms with E-state index in [-0.39, 0.29) is 18.6 Å². The number of carbonyl (C=O) groups is 2. The molecule has 0 saturated carbocycles. The number of rotatable bonds is 7. The Kier molecular flexibility index (Phi) is 7.30. The van der Waals surface area contributed by atoms with E-state index in [1.54, 1.807) is 10.6 Å². The summed E-state index contributed by atoms with van der Waals surface area (Å²) in [4.78, 5) is 37.9. The lowest BCUT2D eigenvalue weighted by atomic mass is 9.92. The Balaban J connectivity index is 1.27. The highest BCUT2D eigenvalue weighted by Crippen LogP contribution is 2.35. The lowest BCUT2D eigenvalue weighted by molar-refractivity contribution is -0.165. The molecular weight excluding hydrogens is 494 g/mol. The largest absolute Gasteiger partial charge is 0.455 e. The first-order valence-corrected chi connectivity index (χ1v) is 12.8. The Morgan fingerprint density at radius 2 is 1.97 bits per heavy atom. The molecule has 13 nitrogen and oxygen atoms in total. The molecule has 0 bridgehead atoms. The predicted molar refractivity (Wildman–Crippen MR) is 134 cm³/mol.